The molecule has 0 unspecified atom stereocenters. The van der Waals surface area contributed by atoms with Crippen molar-refractivity contribution in [1.82, 2.24) is 15.3 Å². The van der Waals surface area contributed by atoms with Crippen molar-refractivity contribution in [3.63, 3.8) is 0 Å². The van der Waals surface area contributed by atoms with Crippen molar-refractivity contribution < 1.29 is 4.79 Å². The summed E-state index contributed by atoms with van der Waals surface area (Å²) in [7, 11) is 0. The molecular weight excluding hydrogens is 366 g/mol. The Bertz CT molecular complexity index is 858. The zero-order chi connectivity index (χ0) is 18.8. The highest BCUT2D eigenvalue weighted by atomic mass is 32.2. The molecule has 0 spiro atoms. The number of aromatic nitrogens is 2. The summed E-state index contributed by atoms with van der Waals surface area (Å²) >= 11 is 3.04. The molecule has 1 fully saturated rings. The Balaban J connectivity index is 1.55. The smallest absolute Gasteiger partial charge is 0.259 e. The van der Waals surface area contributed by atoms with Gasteiger partial charge in [-0.2, -0.15) is 0 Å². The molecule has 7 heteroatoms. The van der Waals surface area contributed by atoms with Crippen LogP contribution >= 0.6 is 23.1 Å². The summed E-state index contributed by atoms with van der Waals surface area (Å²) in [5.41, 5.74) is 0.926. The second-order valence-electron chi connectivity index (χ2n) is 7.41. The van der Waals surface area contributed by atoms with Crippen molar-refractivity contribution >= 4 is 39.2 Å². The van der Waals surface area contributed by atoms with E-state index in [1.165, 1.54) is 24.6 Å². The number of aromatic amines is 1. The van der Waals surface area contributed by atoms with Crippen LogP contribution in [0.2, 0.25) is 0 Å². The van der Waals surface area contributed by atoms with Gasteiger partial charge in [0.2, 0.25) is 5.91 Å². The zero-order valence-electron chi connectivity index (χ0n) is 15.8. The van der Waals surface area contributed by atoms with E-state index < -0.39 is 0 Å². The standard InChI is InChI=1S/C19H27N3O2S2/c1-10-6-5-7-14(11(10)2)20-16(23)9-25-8-15-21-18(24)17-12(3)13(4)26-19(17)22-15/h10-11,14H,5-9H2,1-4H3,(H,20,23)(H,21,22,24)/t10-,11-,14-/m0/s1. The van der Waals surface area contributed by atoms with Crippen LogP contribution in [0.5, 0.6) is 0 Å². The Morgan fingerprint density at radius 2 is 2.12 bits per heavy atom. The third-order valence-electron chi connectivity index (χ3n) is 5.61. The van der Waals surface area contributed by atoms with Gasteiger partial charge in [0.1, 0.15) is 10.7 Å². The van der Waals surface area contributed by atoms with Crippen LogP contribution in [0.1, 0.15) is 49.4 Å². The van der Waals surface area contributed by atoms with E-state index in [1.54, 1.807) is 11.3 Å². The Kier molecular flexibility index (Phi) is 6.07. The highest BCUT2D eigenvalue weighted by Gasteiger charge is 2.27. The lowest BCUT2D eigenvalue weighted by molar-refractivity contribution is -0.119. The molecule has 2 aromatic rings. The number of carbonyl (C=O) groups excluding carboxylic acids is 1. The highest BCUT2D eigenvalue weighted by molar-refractivity contribution is 7.99. The summed E-state index contributed by atoms with van der Waals surface area (Å²) in [6, 6.07) is 0.290. The molecule has 0 saturated heterocycles. The number of nitrogens with one attached hydrogen (secondary N) is 2. The Labute approximate surface area is 162 Å². The van der Waals surface area contributed by atoms with Gasteiger partial charge in [-0.05, 0) is 37.7 Å². The van der Waals surface area contributed by atoms with Crippen LogP contribution in [0.25, 0.3) is 10.2 Å². The van der Waals surface area contributed by atoms with Crippen LogP contribution in [0, 0.1) is 25.7 Å². The van der Waals surface area contributed by atoms with E-state index in [0.717, 1.165) is 21.7 Å². The molecule has 1 aliphatic carbocycles. The van der Waals surface area contributed by atoms with Gasteiger partial charge in [0.15, 0.2) is 0 Å². The third-order valence-corrected chi connectivity index (χ3v) is 7.66. The quantitative estimate of drug-likeness (QED) is 0.811. The monoisotopic (exact) mass is 393 g/mol. The lowest BCUT2D eigenvalue weighted by Crippen LogP contribution is -2.44. The lowest BCUT2D eigenvalue weighted by Gasteiger charge is -2.34. The second-order valence-corrected chi connectivity index (χ2v) is 9.60. The molecule has 2 N–H and O–H groups in total. The largest absolute Gasteiger partial charge is 0.352 e. The molecule has 26 heavy (non-hydrogen) atoms. The first-order valence-corrected chi connectivity index (χ1v) is 11.2. The number of thiophene rings is 1. The van der Waals surface area contributed by atoms with Crippen LogP contribution in [0.15, 0.2) is 4.79 Å². The fraction of sp³-hybridized carbons (Fsp3) is 0.632. The maximum absolute atomic E-state index is 12.3. The minimum atomic E-state index is -0.0816. The van der Waals surface area contributed by atoms with Gasteiger partial charge in [-0.25, -0.2) is 4.98 Å². The molecule has 5 nitrogen and oxygen atoms in total. The first-order chi connectivity index (χ1) is 12.4. The minimum Gasteiger partial charge on any atom is -0.352 e. The lowest BCUT2D eigenvalue weighted by atomic mass is 9.78. The highest BCUT2D eigenvalue weighted by Crippen LogP contribution is 2.29. The predicted octanol–water partition coefficient (Wildman–Crippen LogP) is 3.78. The van der Waals surface area contributed by atoms with Crippen LogP contribution in [-0.2, 0) is 10.5 Å². The van der Waals surface area contributed by atoms with Gasteiger partial charge in [-0.1, -0.05) is 26.7 Å². The van der Waals surface area contributed by atoms with E-state index >= 15 is 0 Å². The average molecular weight is 394 g/mol. The molecule has 2 aromatic heterocycles. The SMILES string of the molecule is Cc1sc2nc(CSCC(=O)N[C@H]3CCC[C@H](C)[C@@H]3C)[nH]c(=O)c2c1C. The van der Waals surface area contributed by atoms with Crippen molar-refractivity contribution in [2.24, 2.45) is 11.8 Å². The molecule has 3 rings (SSSR count). The Hall–Kier alpha value is -1.34. The summed E-state index contributed by atoms with van der Waals surface area (Å²) in [4.78, 5) is 33.9. The number of carbonyl (C=O) groups is 1. The van der Waals surface area contributed by atoms with Gasteiger partial charge >= 0.3 is 0 Å². The maximum Gasteiger partial charge on any atom is 0.259 e. The van der Waals surface area contributed by atoms with E-state index in [4.69, 9.17) is 0 Å². The molecular formula is C19H27N3O2S2. The molecule has 1 aliphatic rings. The first kappa shape index (κ1) is 19.4. The summed E-state index contributed by atoms with van der Waals surface area (Å²) in [6.07, 6.45) is 3.52. The topological polar surface area (TPSA) is 74.8 Å². The third kappa shape index (κ3) is 4.14. The van der Waals surface area contributed by atoms with E-state index in [0.29, 0.717) is 40.6 Å². The van der Waals surface area contributed by atoms with Gasteiger partial charge < -0.3 is 10.3 Å². The summed E-state index contributed by atoms with van der Waals surface area (Å²) in [5, 5.41) is 3.88. The van der Waals surface area contributed by atoms with Crippen molar-refractivity contribution in [2.75, 3.05) is 5.75 Å². The van der Waals surface area contributed by atoms with Crippen molar-refractivity contribution in [2.45, 2.75) is 58.8 Å². The number of thioether (sulfide) groups is 1. The van der Waals surface area contributed by atoms with Crippen LogP contribution in [-0.4, -0.2) is 27.7 Å². The van der Waals surface area contributed by atoms with Crippen LogP contribution in [0.3, 0.4) is 0 Å². The summed E-state index contributed by atoms with van der Waals surface area (Å²) in [5.74, 6) is 2.84. The van der Waals surface area contributed by atoms with Gasteiger partial charge in [0.05, 0.1) is 16.9 Å². The first-order valence-electron chi connectivity index (χ1n) is 9.22. The molecule has 1 amide bonds. The Morgan fingerprint density at radius 3 is 2.88 bits per heavy atom. The second kappa shape index (κ2) is 8.13. The Morgan fingerprint density at radius 1 is 1.35 bits per heavy atom. The number of nitrogens with zero attached hydrogens (tertiary/aromatic N) is 1. The molecule has 0 aromatic carbocycles. The van der Waals surface area contributed by atoms with Crippen LogP contribution in [0.4, 0.5) is 0 Å². The van der Waals surface area contributed by atoms with Crippen molar-refractivity contribution in [1.29, 1.82) is 0 Å². The number of fused-ring (bicyclic) bond motifs is 1. The summed E-state index contributed by atoms with van der Waals surface area (Å²) < 4.78 is 0. The number of H-pyrrole nitrogens is 1. The number of aryl methyl sites for hydroxylation is 2. The van der Waals surface area contributed by atoms with Gasteiger partial charge in [-0.15, -0.1) is 23.1 Å². The molecule has 0 bridgehead atoms. The van der Waals surface area contributed by atoms with Crippen molar-refractivity contribution in [3.05, 3.63) is 26.6 Å². The van der Waals surface area contributed by atoms with Gasteiger partial charge in [-0.3, -0.25) is 9.59 Å². The number of hydrogen-bond donors (Lipinski definition) is 2. The molecule has 1 saturated carbocycles. The number of amides is 1. The predicted molar refractivity (Wildman–Crippen MR) is 110 cm³/mol. The minimum absolute atomic E-state index is 0.0761. The molecule has 0 radical (unpaired) electrons. The molecule has 0 aliphatic heterocycles. The van der Waals surface area contributed by atoms with E-state index in [9.17, 15) is 9.59 Å². The van der Waals surface area contributed by atoms with Crippen molar-refractivity contribution in [3.8, 4) is 0 Å². The normalized spacial score (nSPS) is 23.3. The number of hydrogen-bond acceptors (Lipinski definition) is 5. The molecule has 3 atom stereocenters. The average Bonchev–Trinajstić information content (AvgIpc) is 2.86. The van der Waals surface area contributed by atoms with E-state index in [1.807, 2.05) is 13.8 Å². The zero-order valence-corrected chi connectivity index (χ0v) is 17.5. The summed E-state index contributed by atoms with van der Waals surface area (Å²) in [6.45, 7) is 8.46. The van der Waals surface area contributed by atoms with Crippen LogP contribution < -0.4 is 10.9 Å². The fourth-order valence-electron chi connectivity index (χ4n) is 3.64. The number of rotatable bonds is 5. The fourth-order valence-corrected chi connectivity index (χ4v) is 5.39. The molecule has 2 heterocycles. The van der Waals surface area contributed by atoms with E-state index in [-0.39, 0.29) is 11.5 Å². The maximum atomic E-state index is 12.3. The van der Waals surface area contributed by atoms with Gasteiger partial charge in [0.25, 0.3) is 5.56 Å². The molecule has 142 valence electrons. The van der Waals surface area contributed by atoms with E-state index in [2.05, 4.69) is 29.1 Å². The van der Waals surface area contributed by atoms with Gasteiger partial charge in [0, 0.05) is 10.9 Å².